The predicted octanol–water partition coefficient (Wildman–Crippen LogP) is 3.01. The first-order valence-corrected chi connectivity index (χ1v) is 6.29. The number of nitrogens with one attached hydrogen (secondary N) is 1. The molecule has 1 rings (SSSR count). The van der Waals surface area contributed by atoms with Crippen LogP contribution in [0, 0.1) is 5.92 Å². The Morgan fingerprint density at radius 3 is 2.88 bits per heavy atom. The van der Waals surface area contributed by atoms with Gasteiger partial charge in [0, 0.05) is 27.1 Å². The molecule has 4 nitrogen and oxygen atoms in total. The van der Waals surface area contributed by atoms with E-state index in [0.717, 1.165) is 14.6 Å². The summed E-state index contributed by atoms with van der Waals surface area (Å²) in [5.41, 5.74) is 6.45. The zero-order chi connectivity index (χ0) is 12.1. The monoisotopic (exact) mass is 349 g/mol. The first kappa shape index (κ1) is 13.3. The Morgan fingerprint density at radius 1 is 1.56 bits per heavy atom. The van der Waals surface area contributed by atoms with E-state index in [1.54, 1.807) is 0 Å². The molecule has 88 valence electrons. The molecule has 0 aliphatic carbocycles. The van der Waals surface area contributed by atoms with Gasteiger partial charge in [0.05, 0.1) is 0 Å². The Balaban J connectivity index is 2.64. The highest BCUT2D eigenvalue weighted by molar-refractivity contribution is 9.11. The van der Waals surface area contributed by atoms with Crippen LogP contribution in [0.15, 0.2) is 32.3 Å². The molecule has 0 saturated carbocycles. The van der Waals surface area contributed by atoms with Crippen LogP contribution in [0.5, 0.6) is 0 Å². The Bertz CT molecular complexity index is 396. The summed E-state index contributed by atoms with van der Waals surface area (Å²) in [7, 11) is 0. The van der Waals surface area contributed by atoms with E-state index in [4.69, 9.17) is 10.9 Å². The number of halogens is 2. The number of hydrogen-bond donors (Lipinski definition) is 3. The molecular weight excluding hydrogens is 338 g/mol. The number of oxime groups is 1. The molecule has 4 N–H and O–H groups in total. The SMILES string of the molecule is CC(CNc1cc(Br)ccc1Br)C(N)=NO. The molecule has 0 spiro atoms. The molecule has 0 aromatic heterocycles. The van der Waals surface area contributed by atoms with Gasteiger partial charge in [0.2, 0.25) is 0 Å². The molecule has 1 unspecified atom stereocenters. The van der Waals surface area contributed by atoms with E-state index in [2.05, 4.69) is 42.3 Å². The van der Waals surface area contributed by atoms with Crippen LogP contribution < -0.4 is 11.1 Å². The van der Waals surface area contributed by atoms with Gasteiger partial charge in [-0.25, -0.2) is 0 Å². The molecule has 16 heavy (non-hydrogen) atoms. The zero-order valence-corrected chi connectivity index (χ0v) is 11.9. The van der Waals surface area contributed by atoms with E-state index in [1.807, 2.05) is 25.1 Å². The average molecular weight is 351 g/mol. The van der Waals surface area contributed by atoms with Crippen molar-refractivity contribution < 1.29 is 5.21 Å². The summed E-state index contributed by atoms with van der Waals surface area (Å²) in [6, 6.07) is 5.85. The number of anilines is 1. The van der Waals surface area contributed by atoms with Crippen molar-refractivity contribution in [3.8, 4) is 0 Å². The molecule has 0 amide bonds. The molecule has 0 bridgehead atoms. The molecule has 6 heteroatoms. The molecule has 1 atom stereocenters. The van der Waals surface area contributed by atoms with Gasteiger partial charge < -0.3 is 16.3 Å². The molecule has 0 saturated heterocycles. The van der Waals surface area contributed by atoms with Crippen LogP contribution in [0.2, 0.25) is 0 Å². The summed E-state index contributed by atoms with van der Waals surface area (Å²) >= 11 is 6.84. The fourth-order valence-electron chi connectivity index (χ4n) is 1.10. The van der Waals surface area contributed by atoms with Crippen LogP contribution in [-0.4, -0.2) is 17.6 Å². The molecule has 0 aliphatic rings. The second-order valence-corrected chi connectivity index (χ2v) is 5.20. The van der Waals surface area contributed by atoms with E-state index in [1.165, 1.54) is 0 Å². The number of nitrogens with zero attached hydrogens (tertiary/aromatic N) is 1. The van der Waals surface area contributed by atoms with E-state index < -0.39 is 0 Å². The molecule has 0 radical (unpaired) electrons. The van der Waals surface area contributed by atoms with Crippen LogP contribution in [0.25, 0.3) is 0 Å². The van der Waals surface area contributed by atoms with Crippen molar-refractivity contribution in [2.45, 2.75) is 6.92 Å². The van der Waals surface area contributed by atoms with Gasteiger partial charge in [-0.3, -0.25) is 0 Å². The second kappa shape index (κ2) is 6.10. The quantitative estimate of drug-likeness (QED) is 0.338. The lowest BCUT2D eigenvalue weighted by Gasteiger charge is -2.13. The Kier molecular flexibility index (Phi) is 5.08. The maximum atomic E-state index is 8.52. The minimum Gasteiger partial charge on any atom is -0.409 e. The van der Waals surface area contributed by atoms with Gasteiger partial charge in [-0.1, -0.05) is 28.0 Å². The smallest absolute Gasteiger partial charge is 0.143 e. The van der Waals surface area contributed by atoms with Crippen molar-refractivity contribution in [1.29, 1.82) is 0 Å². The lowest BCUT2D eigenvalue weighted by Crippen LogP contribution is -2.27. The number of benzene rings is 1. The first-order valence-electron chi connectivity index (χ1n) is 4.71. The fraction of sp³-hybridized carbons (Fsp3) is 0.300. The molecule has 0 heterocycles. The van der Waals surface area contributed by atoms with Gasteiger partial charge in [-0.15, -0.1) is 0 Å². The summed E-state index contributed by atoms with van der Waals surface area (Å²) in [6.45, 7) is 2.49. The largest absolute Gasteiger partial charge is 0.409 e. The number of hydrogen-bond acceptors (Lipinski definition) is 3. The van der Waals surface area contributed by atoms with Gasteiger partial charge >= 0.3 is 0 Å². The highest BCUT2D eigenvalue weighted by Gasteiger charge is 2.08. The van der Waals surface area contributed by atoms with Crippen molar-refractivity contribution >= 4 is 43.4 Å². The maximum Gasteiger partial charge on any atom is 0.143 e. The third kappa shape index (κ3) is 3.68. The van der Waals surface area contributed by atoms with Crippen LogP contribution in [-0.2, 0) is 0 Å². The van der Waals surface area contributed by atoms with Crippen molar-refractivity contribution in [1.82, 2.24) is 0 Å². The van der Waals surface area contributed by atoms with E-state index in [9.17, 15) is 0 Å². The van der Waals surface area contributed by atoms with Gasteiger partial charge in [-0.2, -0.15) is 0 Å². The lowest BCUT2D eigenvalue weighted by molar-refractivity contribution is 0.315. The van der Waals surface area contributed by atoms with Crippen LogP contribution in [0.3, 0.4) is 0 Å². The Hall–Kier alpha value is -0.750. The highest BCUT2D eigenvalue weighted by atomic mass is 79.9. The third-order valence-corrected chi connectivity index (χ3v) is 3.33. The second-order valence-electron chi connectivity index (χ2n) is 3.43. The normalized spacial score (nSPS) is 13.6. The Labute approximate surface area is 111 Å². The summed E-state index contributed by atoms with van der Waals surface area (Å²) < 4.78 is 1.97. The fourth-order valence-corrected chi connectivity index (χ4v) is 1.85. The lowest BCUT2D eigenvalue weighted by atomic mass is 10.1. The molecule has 0 aliphatic heterocycles. The number of rotatable bonds is 4. The number of amidine groups is 1. The molecule has 0 fully saturated rings. The van der Waals surface area contributed by atoms with Crippen LogP contribution in [0.4, 0.5) is 5.69 Å². The Morgan fingerprint density at radius 2 is 2.25 bits per heavy atom. The summed E-state index contributed by atoms with van der Waals surface area (Å²) in [5, 5.41) is 14.7. The van der Waals surface area contributed by atoms with Crippen molar-refractivity contribution in [2.24, 2.45) is 16.8 Å². The minimum atomic E-state index is -0.0316. The van der Waals surface area contributed by atoms with E-state index >= 15 is 0 Å². The van der Waals surface area contributed by atoms with Gasteiger partial charge in [0.15, 0.2) is 0 Å². The third-order valence-electron chi connectivity index (χ3n) is 2.15. The van der Waals surface area contributed by atoms with E-state index in [-0.39, 0.29) is 11.8 Å². The molecule has 1 aromatic rings. The van der Waals surface area contributed by atoms with Gasteiger partial charge in [0.25, 0.3) is 0 Å². The molecule has 1 aromatic carbocycles. The molecular formula is C10H13Br2N3O. The maximum absolute atomic E-state index is 8.52. The van der Waals surface area contributed by atoms with Crippen molar-refractivity contribution in [3.05, 3.63) is 27.1 Å². The van der Waals surface area contributed by atoms with Crippen LogP contribution >= 0.6 is 31.9 Å². The first-order chi connectivity index (χ1) is 7.54. The van der Waals surface area contributed by atoms with Crippen LogP contribution in [0.1, 0.15) is 6.92 Å². The zero-order valence-electron chi connectivity index (χ0n) is 8.74. The average Bonchev–Trinajstić information content (AvgIpc) is 2.28. The minimum absolute atomic E-state index is 0.0316. The summed E-state index contributed by atoms with van der Waals surface area (Å²) in [5.74, 6) is 0.189. The predicted molar refractivity (Wildman–Crippen MR) is 72.9 cm³/mol. The standard InChI is InChI=1S/C10H13Br2N3O/c1-6(10(13)15-16)5-14-9-4-7(11)2-3-8(9)12/h2-4,6,14,16H,5H2,1H3,(H2,13,15). The topological polar surface area (TPSA) is 70.6 Å². The highest BCUT2D eigenvalue weighted by Crippen LogP contribution is 2.26. The van der Waals surface area contributed by atoms with Crippen molar-refractivity contribution in [2.75, 3.05) is 11.9 Å². The van der Waals surface area contributed by atoms with E-state index in [0.29, 0.717) is 6.54 Å². The van der Waals surface area contributed by atoms with Gasteiger partial charge in [-0.05, 0) is 34.1 Å². The van der Waals surface area contributed by atoms with Crippen molar-refractivity contribution in [3.63, 3.8) is 0 Å². The number of nitrogens with two attached hydrogens (primary N) is 1. The summed E-state index contributed by atoms with van der Waals surface area (Å²) in [6.07, 6.45) is 0. The van der Waals surface area contributed by atoms with Gasteiger partial charge in [0.1, 0.15) is 5.84 Å². The summed E-state index contributed by atoms with van der Waals surface area (Å²) in [4.78, 5) is 0.